The van der Waals surface area contributed by atoms with E-state index >= 15 is 0 Å². The molecule has 0 spiro atoms. The maximum absolute atomic E-state index is 11.9. The number of carbonyl (C=O) groups is 1. The summed E-state index contributed by atoms with van der Waals surface area (Å²) in [6.45, 7) is 2.58. The van der Waals surface area contributed by atoms with Gasteiger partial charge in [-0.2, -0.15) is 0 Å². The van der Waals surface area contributed by atoms with Gasteiger partial charge >= 0.3 is 5.97 Å². The number of nitrogens with zero attached hydrogens (tertiary/aromatic N) is 1. The van der Waals surface area contributed by atoms with E-state index in [1.807, 2.05) is 0 Å². The summed E-state index contributed by atoms with van der Waals surface area (Å²) in [5, 5.41) is 0.358. The van der Waals surface area contributed by atoms with Crippen LogP contribution >= 0.6 is 11.6 Å². The number of halogens is 1. The van der Waals surface area contributed by atoms with Gasteiger partial charge in [0.15, 0.2) is 0 Å². The highest BCUT2D eigenvalue weighted by molar-refractivity contribution is 6.29. The fraction of sp³-hybridized carbons (Fsp3) is 0.600. The molecular formula is C15H20ClNO2. The lowest BCUT2D eigenvalue weighted by Crippen LogP contribution is -2.15. The normalized spacial score (nSPS) is 15.1. The Bertz CT molecular complexity index is 444. The lowest BCUT2D eigenvalue weighted by molar-refractivity contribution is 0.0464. The van der Waals surface area contributed by atoms with Crippen LogP contribution in [0.5, 0.6) is 0 Å². The predicted octanol–water partition coefficient (Wildman–Crippen LogP) is 4.03. The van der Waals surface area contributed by atoms with Crippen LogP contribution in [0.3, 0.4) is 0 Å². The standard InChI is InChI=1S/C15H20ClNO2/c1-2-4-13-9-12(10-14(16)17-13)15(18)19-8-7-11-5-3-6-11/h9-11H,2-8H2,1H3. The summed E-state index contributed by atoms with van der Waals surface area (Å²) in [6, 6.07) is 3.35. The average Bonchev–Trinajstić information content (AvgIpc) is 2.31. The van der Waals surface area contributed by atoms with Crippen molar-refractivity contribution in [3.8, 4) is 0 Å². The Kier molecular flexibility index (Phi) is 5.20. The molecule has 1 aliphatic carbocycles. The molecule has 104 valence electrons. The van der Waals surface area contributed by atoms with Crippen molar-refractivity contribution in [3.63, 3.8) is 0 Å². The van der Waals surface area contributed by atoms with Crippen LogP contribution in [0.1, 0.15) is 55.1 Å². The van der Waals surface area contributed by atoms with Crippen LogP contribution in [-0.4, -0.2) is 17.6 Å². The van der Waals surface area contributed by atoms with E-state index in [4.69, 9.17) is 16.3 Å². The van der Waals surface area contributed by atoms with Gasteiger partial charge in [0.25, 0.3) is 0 Å². The van der Waals surface area contributed by atoms with Gasteiger partial charge in [-0.15, -0.1) is 0 Å². The zero-order valence-electron chi connectivity index (χ0n) is 11.3. The lowest BCUT2D eigenvalue weighted by Gasteiger charge is -2.24. The summed E-state index contributed by atoms with van der Waals surface area (Å²) < 4.78 is 5.30. The maximum atomic E-state index is 11.9. The van der Waals surface area contributed by atoms with Crippen molar-refractivity contribution in [1.29, 1.82) is 0 Å². The van der Waals surface area contributed by atoms with Crippen LogP contribution in [0.25, 0.3) is 0 Å². The third-order valence-electron chi connectivity index (χ3n) is 3.57. The lowest BCUT2D eigenvalue weighted by atomic mass is 9.83. The third kappa shape index (κ3) is 4.20. The summed E-state index contributed by atoms with van der Waals surface area (Å²) in [7, 11) is 0. The fourth-order valence-corrected chi connectivity index (χ4v) is 2.46. The molecule has 0 radical (unpaired) electrons. The van der Waals surface area contributed by atoms with E-state index in [1.54, 1.807) is 12.1 Å². The average molecular weight is 282 g/mol. The Balaban J connectivity index is 1.89. The van der Waals surface area contributed by atoms with Gasteiger partial charge in [-0.1, -0.05) is 44.2 Å². The molecular weight excluding hydrogens is 262 g/mol. The van der Waals surface area contributed by atoms with Gasteiger partial charge in [0.05, 0.1) is 12.2 Å². The molecule has 4 heteroatoms. The van der Waals surface area contributed by atoms with Gasteiger partial charge in [0.1, 0.15) is 5.15 Å². The maximum Gasteiger partial charge on any atom is 0.338 e. The first kappa shape index (κ1) is 14.3. The molecule has 0 unspecified atom stereocenters. The van der Waals surface area contributed by atoms with E-state index in [0.29, 0.717) is 17.3 Å². The third-order valence-corrected chi connectivity index (χ3v) is 3.77. The molecule has 0 bridgehead atoms. The van der Waals surface area contributed by atoms with Gasteiger partial charge < -0.3 is 4.74 Å². The number of ether oxygens (including phenoxy) is 1. The number of pyridine rings is 1. The fourth-order valence-electron chi connectivity index (χ4n) is 2.24. The predicted molar refractivity (Wildman–Crippen MR) is 75.5 cm³/mol. The van der Waals surface area contributed by atoms with Crippen LogP contribution in [0.15, 0.2) is 12.1 Å². The van der Waals surface area contributed by atoms with E-state index < -0.39 is 0 Å². The molecule has 0 aliphatic heterocycles. The summed E-state index contributed by atoms with van der Waals surface area (Å²) in [5.41, 5.74) is 1.36. The van der Waals surface area contributed by atoms with Crippen LogP contribution < -0.4 is 0 Å². The van der Waals surface area contributed by atoms with Gasteiger partial charge in [0.2, 0.25) is 0 Å². The van der Waals surface area contributed by atoms with Crippen molar-refractivity contribution in [2.75, 3.05) is 6.61 Å². The van der Waals surface area contributed by atoms with E-state index in [0.717, 1.165) is 30.9 Å². The van der Waals surface area contributed by atoms with Crippen molar-refractivity contribution in [3.05, 3.63) is 28.5 Å². The largest absolute Gasteiger partial charge is 0.462 e. The highest BCUT2D eigenvalue weighted by Crippen LogP contribution is 2.29. The van der Waals surface area contributed by atoms with Crippen LogP contribution in [0.4, 0.5) is 0 Å². The number of aromatic nitrogens is 1. The van der Waals surface area contributed by atoms with E-state index in [9.17, 15) is 4.79 Å². The first-order valence-corrected chi connectivity index (χ1v) is 7.40. The first-order valence-electron chi connectivity index (χ1n) is 7.02. The van der Waals surface area contributed by atoms with Crippen LogP contribution in [0.2, 0.25) is 5.15 Å². The van der Waals surface area contributed by atoms with Gasteiger partial charge in [-0.3, -0.25) is 0 Å². The Morgan fingerprint density at radius 3 is 2.89 bits per heavy atom. The smallest absolute Gasteiger partial charge is 0.338 e. The molecule has 1 saturated carbocycles. The molecule has 0 aromatic carbocycles. The second kappa shape index (κ2) is 6.90. The molecule has 1 aromatic heterocycles. The second-order valence-electron chi connectivity index (χ2n) is 5.14. The quantitative estimate of drug-likeness (QED) is 0.584. The summed E-state index contributed by atoms with van der Waals surface area (Å²) >= 11 is 5.93. The highest BCUT2D eigenvalue weighted by atomic mass is 35.5. The van der Waals surface area contributed by atoms with Crippen molar-refractivity contribution in [2.24, 2.45) is 5.92 Å². The Morgan fingerprint density at radius 2 is 2.26 bits per heavy atom. The molecule has 1 fully saturated rings. The number of carbonyl (C=O) groups excluding carboxylic acids is 1. The minimum atomic E-state index is -0.291. The second-order valence-corrected chi connectivity index (χ2v) is 5.53. The number of hydrogen-bond acceptors (Lipinski definition) is 3. The zero-order chi connectivity index (χ0) is 13.7. The van der Waals surface area contributed by atoms with Gasteiger partial charge in [-0.25, -0.2) is 9.78 Å². The topological polar surface area (TPSA) is 39.2 Å². The van der Waals surface area contributed by atoms with Gasteiger partial charge in [0, 0.05) is 5.69 Å². The molecule has 2 rings (SSSR count). The van der Waals surface area contributed by atoms with E-state index in [-0.39, 0.29) is 5.97 Å². The summed E-state index contributed by atoms with van der Waals surface area (Å²) in [5.74, 6) is 0.463. The molecule has 19 heavy (non-hydrogen) atoms. The number of aryl methyl sites for hydroxylation is 1. The van der Waals surface area contributed by atoms with Crippen molar-refractivity contribution >= 4 is 17.6 Å². The summed E-state index contributed by atoms with van der Waals surface area (Å²) in [4.78, 5) is 16.1. The molecule has 0 atom stereocenters. The Hall–Kier alpha value is -1.09. The van der Waals surface area contributed by atoms with Crippen LogP contribution in [0, 0.1) is 5.92 Å². The first-order chi connectivity index (χ1) is 9.19. The molecule has 0 amide bonds. The zero-order valence-corrected chi connectivity index (χ0v) is 12.1. The van der Waals surface area contributed by atoms with Gasteiger partial charge in [-0.05, 0) is 30.9 Å². The van der Waals surface area contributed by atoms with Crippen molar-refractivity contribution < 1.29 is 9.53 Å². The summed E-state index contributed by atoms with van der Waals surface area (Å²) in [6.07, 6.45) is 6.65. The van der Waals surface area contributed by atoms with Crippen molar-refractivity contribution in [1.82, 2.24) is 4.98 Å². The van der Waals surface area contributed by atoms with Crippen LogP contribution in [-0.2, 0) is 11.2 Å². The Labute approximate surface area is 119 Å². The SMILES string of the molecule is CCCc1cc(C(=O)OCCC2CCC2)cc(Cl)n1. The molecule has 3 nitrogen and oxygen atoms in total. The van der Waals surface area contributed by atoms with Crippen molar-refractivity contribution in [2.45, 2.75) is 45.4 Å². The van der Waals surface area contributed by atoms with E-state index in [2.05, 4.69) is 11.9 Å². The molecule has 1 aliphatic rings. The molecule has 1 aromatic rings. The minimum Gasteiger partial charge on any atom is -0.462 e. The van der Waals surface area contributed by atoms with E-state index in [1.165, 1.54) is 19.3 Å². The molecule has 1 heterocycles. The minimum absolute atomic E-state index is 0.291. The molecule has 0 N–H and O–H groups in total. The number of esters is 1. The monoisotopic (exact) mass is 281 g/mol. The number of rotatable bonds is 6. The Morgan fingerprint density at radius 1 is 1.47 bits per heavy atom. The highest BCUT2D eigenvalue weighted by Gasteiger charge is 2.18. The number of hydrogen-bond donors (Lipinski definition) is 0. The molecule has 0 saturated heterocycles.